The number of ether oxygens (including phenoxy) is 2. The van der Waals surface area contributed by atoms with Crippen molar-refractivity contribution in [2.45, 2.75) is 51.4 Å². The molecule has 0 bridgehead atoms. The van der Waals surface area contributed by atoms with Crippen LogP contribution in [-0.2, 0) is 9.47 Å². The van der Waals surface area contributed by atoms with Gasteiger partial charge < -0.3 is 25.0 Å². The van der Waals surface area contributed by atoms with Crippen molar-refractivity contribution in [3.8, 4) is 0 Å². The zero-order valence-corrected chi connectivity index (χ0v) is 18.6. The Balaban J connectivity index is 1.33. The Labute approximate surface area is 184 Å². The third-order valence-corrected chi connectivity index (χ3v) is 6.56. The minimum absolute atomic E-state index is 0.0561. The van der Waals surface area contributed by atoms with Gasteiger partial charge in [0.15, 0.2) is 0 Å². The summed E-state index contributed by atoms with van der Waals surface area (Å²) in [5.41, 5.74) is 0.998. The molecule has 172 valence electrons. The minimum Gasteiger partial charge on any atom is -0.381 e. The highest BCUT2D eigenvalue weighted by Gasteiger charge is 2.32. The highest BCUT2D eigenvalue weighted by molar-refractivity contribution is 5.89. The van der Waals surface area contributed by atoms with E-state index < -0.39 is 0 Å². The van der Waals surface area contributed by atoms with Gasteiger partial charge >= 0.3 is 6.03 Å². The van der Waals surface area contributed by atoms with Crippen molar-refractivity contribution in [2.75, 3.05) is 56.2 Å². The molecule has 2 amide bonds. The second-order valence-corrected chi connectivity index (χ2v) is 9.10. The van der Waals surface area contributed by atoms with Gasteiger partial charge in [-0.25, -0.2) is 9.18 Å². The van der Waals surface area contributed by atoms with Gasteiger partial charge in [0, 0.05) is 43.9 Å². The first kappa shape index (κ1) is 22.3. The molecule has 3 heterocycles. The van der Waals surface area contributed by atoms with E-state index in [-0.39, 0.29) is 24.1 Å². The van der Waals surface area contributed by atoms with Crippen LogP contribution in [0.25, 0.3) is 0 Å². The summed E-state index contributed by atoms with van der Waals surface area (Å²) in [5.74, 6) is 0.116. The van der Waals surface area contributed by atoms with Crippen LogP contribution in [-0.4, -0.2) is 75.1 Å². The lowest BCUT2D eigenvalue weighted by Crippen LogP contribution is -2.48. The molecule has 0 saturated carbocycles. The van der Waals surface area contributed by atoms with E-state index in [1.54, 1.807) is 12.1 Å². The molecule has 0 aromatic heterocycles. The van der Waals surface area contributed by atoms with Crippen molar-refractivity contribution in [3.05, 3.63) is 24.0 Å². The molecule has 8 heteroatoms. The molecule has 3 aliphatic rings. The van der Waals surface area contributed by atoms with Gasteiger partial charge in [-0.3, -0.25) is 4.90 Å². The molecule has 2 N–H and O–H groups in total. The van der Waals surface area contributed by atoms with E-state index in [1.165, 1.54) is 18.9 Å². The fourth-order valence-electron chi connectivity index (χ4n) is 5.11. The predicted molar refractivity (Wildman–Crippen MR) is 119 cm³/mol. The number of morpholine rings is 1. The SMILES string of the molecule is C[C@@H]1CN(c2ccc(NC(=O)NC[C@H]([C@H]3CCOC3)N3CCCC3)cc2F)C[C@@H](C)O1. The molecule has 7 nitrogen and oxygen atoms in total. The molecule has 0 aliphatic carbocycles. The lowest BCUT2D eigenvalue weighted by Gasteiger charge is -2.37. The van der Waals surface area contributed by atoms with Crippen molar-refractivity contribution in [1.82, 2.24) is 10.2 Å². The standard InChI is InChI=1S/C23H35FN4O3/c1-16-13-28(14-17(2)31-16)21-6-5-19(11-20(21)24)26-23(29)25-12-22(18-7-10-30-15-18)27-8-3-4-9-27/h5-6,11,16-18,22H,3-4,7-10,12-15H2,1-2H3,(H2,25,26,29)/t16-,17-,18+,22-/m1/s1. The van der Waals surface area contributed by atoms with Gasteiger partial charge in [0.25, 0.3) is 0 Å². The smallest absolute Gasteiger partial charge is 0.319 e. The van der Waals surface area contributed by atoms with Gasteiger partial charge in [-0.15, -0.1) is 0 Å². The maximum atomic E-state index is 14.8. The number of anilines is 2. The Morgan fingerprint density at radius 2 is 1.97 bits per heavy atom. The van der Waals surface area contributed by atoms with Crippen molar-refractivity contribution in [3.63, 3.8) is 0 Å². The number of urea groups is 1. The van der Waals surface area contributed by atoms with Crippen LogP contribution >= 0.6 is 0 Å². The Morgan fingerprint density at radius 3 is 2.61 bits per heavy atom. The molecule has 3 aliphatic heterocycles. The largest absolute Gasteiger partial charge is 0.381 e. The zero-order valence-electron chi connectivity index (χ0n) is 18.6. The van der Waals surface area contributed by atoms with E-state index in [4.69, 9.17) is 9.47 Å². The average Bonchev–Trinajstić information content (AvgIpc) is 3.42. The van der Waals surface area contributed by atoms with Crippen LogP contribution < -0.4 is 15.5 Å². The van der Waals surface area contributed by atoms with Gasteiger partial charge in [-0.1, -0.05) is 0 Å². The van der Waals surface area contributed by atoms with E-state index in [0.717, 1.165) is 32.7 Å². The molecule has 0 radical (unpaired) electrons. The van der Waals surface area contributed by atoms with E-state index in [9.17, 15) is 9.18 Å². The summed E-state index contributed by atoms with van der Waals surface area (Å²) < 4.78 is 26.1. The fourth-order valence-corrected chi connectivity index (χ4v) is 5.11. The van der Waals surface area contributed by atoms with E-state index >= 15 is 0 Å². The van der Waals surface area contributed by atoms with Crippen LogP contribution in [0.1, 0.15) is 33.1 Å². The molecule has 1 aromatic carbocycles. The Hall–Kier alpha value is -1.90. The normalized spacial score (nSPS) is 28.0. The topological polar surface area (TPSA) is 66.1 Å². The summed E-state index contributed by atoms with van der Waals surface area (Å²) in [4.78, 5) is 17.0. The lowest BCUT2D eigenvalue weighted by atomic mass is 9.97. The van der Waals surface area contributed by atoms with Crippen molar-refractivity contribution in [1.29, 1.82) is 0 Å². The number of hydrogen-bond donors (Lipinski definition) is 2. The number of nitrogens with one attached hydrogen (secondary N) is 2. The van der Waals surface area contributed by atoms with Gasteiger partial charge in [-0.2, -0.15) is 0 Å². The van der Waals surface area contributed by atoms with Crippen LogP contribution in [0.2, 0.25) is 0 Å². The summed E-state index contributed by atoms with van der Waals surface area (Å²) in [6, 6.07) is 4.87. The summed E-state index contributed by atoms with van der Waals surface area (Å²) >= 11 is 0. The Bertz CT molecular complexity index is 726. The van der Waals surface area contributed by atoms with Gasteiger partial charge in [0.2, 0.25) is 0 Å². The van der Waals surface area contributed by atoms with Gasteiger partial charge in [0.1, 0.15) is 5.82 Å². The van der Waals surface area contributed by atoms with Crippen molar-refractivity contribution in [2.24, 2.45) is 5.92 Å². The third-order valence-electron chi connectivity index (χ3n) is 6.56. The molecule has 1 aromatic rings. The maximum Gasteiger partial charge on any atom is 0.319 e. The number of rotatable bonds is 6. The highest BCUT2D eigenvalue weighted by Crippen LogP contribution is 2.27. The zero-order chi connectivity index (χ0) is 21.8. The predicted octanol–water partition coefficient (Wildman–Crippen LogP) is 3.06. The van der Waals surface area contributed by atoms with E-state index in [2.05, 4.69) is 15.5 Å². The molecular formula is C23H35FN4O3. The monoisotopic (exact) mass is 434 g/mol. The number of likely N-dealkylation sites (tertiary alicyclic amines) is 1. The number of halogens is 1. The van der Waals surface area contributed by atoms with Crippen LogP contribution in [0.15, 0.2) is 18.2 Å². The molecule has 0 unspecified atom stereocenters. The molecule has 4 rings (SSSR count). The first-order valence-electron chi connectivity index (χ1n) is 11.6. The first-order valence-corrected chi connectivity index (χ1v) is 11.6. The number of benzene rings is 1. The minimum atomic E-state index is -0.336. The van der Waals surface area contributed by atoms with Crippen molar-refractivity contribution < 1.29 is 18.7 Å². The fraction of sp³-hybridized carbons (Fsp3) is 0.696. The second-order valence-electron chi connectivity index (χ2n) is 9.10. The summed E-state index contributed by atoms with van der Waals surface area (Å²) in [6.07, 6.45) is 3.57. The van der Waals surface area contributed by atoms with E-state index in [1.807, 2.05) is 18.7 Å². The molecular weight excluding hydrogens is 399 g/mol. The van der Waals surface area contributed by atoms with Gasteiger partial charge in [-0.05, 0) is 64.4 Å². The second kappa shape index (κ2) is 10.1. The van der Waals surface area contributed by atoms with Gasteiger partial charge in [0.05, 0.1) is 24.5 Å². The summed E-state index contributed by atoms with van der Waals surface area (Å²) in [7, 11) is 0. The Morgan fingerprint density at radius 1 is 1.23 bits per heavy atom. The number of amides is 2. The number of carbonyl (C=O) groups is 1. The van der Waals surface area contributed by atoms with Crippen LogP contribution in [0.3, 0.4) is 0 Å². The number of carbonyl (C=O) groups excluding carboxylic acids is 1. The summed E-state index contributed by atoms with van der Waals surface area (Å²) in [5, 5.41) is 5.78. The highest BCUT2D eigenvalue weighted by atomic mass is 19.1. The molecule has 0 spiro atoms. The van der Waals surface area contributed by atoms with E-state index in [0.29, 0.717) is 43.0 Å². The number of nitrogens with zero attached hydrogens (tertiary/aromatic N) is 2. The average molecular weight is 435 g/mol. The van der Waals surface area contributed by atoms with Crippen LogP contribution in [0.4, 0.5) is 20.6 Å². The molecule has 3 fully saturated rings. The lowest BCUT2D eigenvalue weighted by molar-refractivity contribution is -0.00539. The summed E-state index contributed by atoms with van der Waals surface area (Å²) in [6.45, 7) is 9.58. The molecule has 3 saturated heterocycles. The maximum absolute atomic E-state index is 14.8. The first-order chi connectivity index (χ1) is 15.0. The quantitative estimate of drug-likeness (QED) is 0.721. The third kappa shape index (κ3) is 5.67. The van der Waals surface area contributed by atoms with Crippen molar-refractivity contribution >= 4 is 17.4 Å². The Kier molecular flexibility index (Phi) is 7.30. The number of hydrogen-bond acceptors (Lipinski definition) is 5. The molecule has 31 heavy (non-hydrogen) atoms. The van der Waals surface area contributed by atoms with Crippen LogP contribution in [0, 0.1) is 11.7 Å². The molecule has 4 atom stereocenters. The van der Waals surface area contributed by atoms with Crippen LogP contribution in [0.5, 0.6) is 0 Å².